The fourth-order valence-electron chi connectivity index (χ4n) is 9.60. The van der Waals surface area contributed by atoms with Gasteiger partial charge in [0.25, 0.3) is 5.91 Å². The van der Waals surface area contributed by atoms with Gasteiger partial charge in [-0.3, -0.25) is 9.59 Å². The lowest BCUT2D eigenvalue weighted by molar-refractivity contribution is -0.356. The van der Waals surface area contributed by atoms with E-state index in [1.165, 1.54) is 6.07 Å². The zero-order valence-electron chi connectivity index (χ0n) is 27.9. The SMILES string of the molecule is CC1=C[C@@H]2CC[C@@H](C)[C@H](C)[C@@H]2[C@@H](C(=O)C2=C(O)C(O)NC2=O)[C@@H]1C[C@H]1O[C@@]2(CC[C@H](C)[C@@H](c3cc(O)cc(O)c3)O2)[C@@H](C)C[C@@H]1C. The third-order valence-electron chi connectivity index (χ3n) is 12.4. The van der Waals surface area contributed by atoms with Gasteiger partial charge in [0, 0.05) is 24.3 Å². The fourth-order valence-corrected chi connectivity index (χ4v) is 9.60. The molecule has 2 aliphatic carbocycles. The molecule has 252 valence electrons. The molecule has 5 N–H and O–H groups in total. The molecular formula is C37H51NO8. The normalized spacial score (nSPS) is 42.8. The number of benzene rings is 1. The molecule has 5 aliphatic rings. The van der Waals surface area contributed by atoms with Crippen LogP contribution in [0, 0.1) is 53.3 Å². The Hall–Kier alpha value is -2.88. The van der Waals surface area contributed by atoms with Gasteiger partial charge in [0.15, 0.2) is 23.6 Å². The van der Waals surface area contributed by atoms with Crippen LogP contribution in [-0.4, -0.2) is 50.2 Å². The summed E-state index contributed by atoms with van der Waals surface area (Å²) in [4.78, 5) is 27.3. The minimum atomic E-state index is -1.57. The van der Waals surface area contributed by atoms with E-state index in [9.17, 15) is 30.0 Å². The lowest BCUT2D eigenvalue weighted by atomic mass is 9.54. The lowest BCUT2D eigenvalue weighted by Crippen LogP contribution is -2.55. The van der Waals surface area contributed by atoms with Crippen LogP contribution in [0.2, 0.25) is 0 Å². The number of phenolic OH excluding ortho intramolecular Hbond substituents is 2. The van der Waals surface area contributed by atoms with Crippen molar-refractivity contribution in [2.24, 2.45) is 53.3 Å². The van der Waals surface area contributed by atoms with E-state index in [1.807, 2.05) is 0 Å². The molecular weight excluding hydrogens is 586 g/mol. The highest BCUT2D eigenvalue weighted by molar-refractivity contribution is 6.22. The van der Waals surface area contributed by atoms with Crippen molar-refractivity contribution in [3.63, 3.8) is 0 Å². The number of phenols is 2. The highest BCUT2D eigenvalue weighted by Crippen LogP contribution is 2.55. The number of aromatic hydroxyl groups is 2. The first kappa shape index (κ1) is 33.0. The molecule has 0 radical (unpaired) electrons. The average Bonchev–Trinajstić information content (AvgIpc) is 3.24. The molecule has 0 bridgehead atoms. The zero-order valence-corrected chi connectivity index (χ0v) is 27.9. The second kappa shape index (κ2) is 12.3. The molecule has 1 amide bonds. The van der Waals surface area contributed by atoms with Gasteiger partial charge in [-0.2, -0.15) is 0 Å². The molecule has 1 aromatic carbocycles. The largest absolute Gasteiger partial charge is 0.508 e. The van der Waals surface area contributed by atoms with Crippen molar-refractivity contribution in [3.8, 4) is 11.5 Å². The van der Waals surface area contributed by atoms with E-state index in [4.69, 9.17) is 9.47 Å². The van der Waals surface area contributed by atoms with Crippen LogP contribution in [0.4, 0.5) is 0 Å². The van der Waals surface area contributed by atoms with E-state index in [0.717, 1.165) is 31.3 Å². The third kappa shape index (κ3) is 5.66. The van der Waals surface area contributed by atoms with Gasteiger partial charge < -0.3 is 35.2 Å². The Morgan fingerprint density at radius 3 is 2.30 bits per heavy atom. The van der Waals surface area contributed by atoms with Crippen molar-refractivity contribution >= 4 is 11.7 Å². The average molecular weight is 638 g/mol. The van der Waals surface area contributed by atoms with E-state index in [2.05, 4.69) is 52.9 Å². The lowest BCUT2D eigenvalue weighted by Gasteiger charge is -2.54. The summed E-state index contributed by atoms with van der Waals surface area (Å²) >= 11 is 0. The van der Waals surface area contributed by atoms with Crippen molar-refractivity contribution < 1.29 is 39.5 Å². The number of carbonyl (C=O) groups is 2. The molecule has 3 fully saturated rings. The highest BCUT2D eigenvalue weighted by atomic mass is 16.7. The zero-order chi connectivity index (χ0) is 33.2. The van der Waals surface area contributed by atoms with Gasteiger partial charge in [-0.1, -0.05) is 46.3 Å². The second-order valence-electron chi connectivity index (χ2n) is 15.4. The summed E-state index contributed by atoms with van der Waals surface area (Å²) in [5, 5.41) is 43.6. The molecule has 9 nitrogen and oxygen atoms in total. The predicted molar refractivity (Wildman–Crippen MR) is 171 cm³/mol. The number of hydrogen-bond acceptors (Lipinski definition) is 8. The monoisotopic (exact) mass is 637 g/mol. The first-order chi connectivity index (χ1) is 21.7. The van der Waals surface area contributed by atoms with Crippen molar-refractivity contribution in [1.29, 1.82) is 0 Å². The van der Waals surface area contributed by atoms with E-state index < -0.39 is 35.4 Å². The Morgan fingerprint density at radius 2 is 1.65 bits per heavy atom. The number of ether oxygens (including phenoxy) is 2. The minimum absolute atomic E-state index is 0.00262. The van der Waals surface area contributed by atoms with Crippen LogP contribution < -0.4 is 5.32 Å². The Kier molecular flexibility index (Phi) is 8.83. The number of amides is 1. The van der Waals surface area contributed by atoms with Crippen molar-refractivity contribution in [1.82, 2.24) is 5.32 Å². The molecule has 1 aromatic rings. The van der Waals surface area contributed by atoms with E-state index in [0.29, 0.717) is 24.3 Å². The highest BCUT2D eigenvalue weighted by Gasteiger charge is 2.55. The van der Waals surface area contributed by atoms with Gasteiger partial charge in [-0.15, -0.1) is 0 Å². The van der Waals surface area contributed by atoms with E-state index >= 15 is 0 Å². The molecule has 1 unspecified atom stereocenters. The summed E-state index contributed by atoms with van der Waals surface area (Å²) in [5.74, 6) is -2.09. The van der Waals surface area contributed by atoms with Crippen LogP contribution in [0.5, 0.6) is 11.5 Å². The smallest absolute Gasteiger partial charge is 0.260 e. The Bertz CT molecular complexity index is 1420. The van der Waals surface area contributed by atoms with Gasteiger partial charge in [0.2, 0.25) is 0 Å². The number of aliphatic hydroxyl groups excluding tert-OH is 2. The van der Waals surface area contributed by atoms with Crippen molar-refractivity contribution in [2.45, 2.75) is 104 Å². The molecule has 0 aromatic heterocycles. The summed E-state index contributed by atoms with van der Waals surface area (Å²) in [7, 11) is 0. The molecule has 1 spiro atoms. The molecule has 46 heavy (non-hydrogen) atoms. The standard InChI is InChI=1S/C37H51NO8/c1-17-7-8-23-12-19(3)27(30(29(23)22(17)6)32(41)31-33(42)36(44)38-35(31)43)16-28-20(4)11-21(5)37(45-28)10-9-18(2)34(46-37)24-13-25(39)15-26(40)14-24/h12-15,17-18,20-23,27-30,34,36,39-40,42,44H,7-11,16H2,1-6H3,(H,38,43)/t17-,18+,20+,21+,22+,23+,27-,28-,29+,30+,34+,36?,37-/m1/s1. The van der Waals surface area contributed by atoms with Crippen LogP contribution in [0.3, 0.4) is 0 Å². The number of Topliss-reactive ketones (excluding diaryl/α,β-unsaturated/α-hetero) is 1. The number of nitrogens with one attached hydrogen (secondary N) is 1. The van der Waals surface area contributed by atoms with Gasteiger partial charge in [-0.05, 0) is 98.1 Å². The first-order valence-corrected chi connectivity index (χ1v) is 17.2. The Balaban J connectivity index is 1.33. The molecule has 3 aliphatic heterocycles. The first-order valence-electron chi connectivity index (χ1n) is 17.2. The predicted octanol–water partition coefficient (Wildman–Crippen LogP) is 6.05. The molecule has 3 heterocycles. The molecule has 9 heteroatoms. The van der Waals surface area contributed by atoms with E-state index in [1.54, 1.807) is 12.1 Å². The Labute approximate surface area is 272 Å². The van der Waals surface area contributed by atoms with E-state index in [-0.39, 0.29) is 70.7 Å². The maximum absolute atomic E-state index is 14.5. The van der Waals surface area contributed by atoms with Gasteiger partial charge in [-0.25, -0.2) is 0 Å². The number of ketones is 1. The van der Waals surface area contributed by atoms with Crippen LogP contribution in [-0.2, 0) is 19.1 Å². The summed E-state index contributed by atoms with van der Waals surface area (Å²) in [6.07, 6.45) is 5.19. The number of carbonyl (C=O) groups excluding carboxylic acids is 2. The topological polar surface area (TPSA) is 146 Å². The number of aliphatic hydroxyl groups is 2. The number of hydrogen-bond donors (Lipinski definition) is 5. The maximum Gasteiger partial charge on any atom is 0.260 e. The fraction of sp³-hybridized carbons (Fsp3) is 0.676. The Morgan fingerprint density at radius 1 is 0.957 bits per heavy atom. The third-order valence-corrected chi connectivity index (χ3v) is 12.4. The van der Waals surface area contributed by atoms with Crippen LogP contribution in [0.15, 0.2) is 41.2 Å². The number of rotatable bonds is 5. The summed E-state index contributed by atoms with van der Waals surface area (Å²) in [6, 6.07) is 4.60. The summed E-state index contributed by atoms with van der Waals surface area (Å²) in [5.41, 5.74) is 1.50. The molecule has 1 saturated carbocycles. The van der Waals surface area contributed by atoms with Crippen LogP contribution in [0.1, 0.15) is 91.7 Å². The molecule has 13 atom stereocenters. The molecule has 6 rings (SSSR count). The van der Waals surface area contributed by atoms with Gasteiger partial charge in [0.1, 0.15) is 17.1 Å². The summed E-state index contributed by atoms with van der Waals surface area (Å²) in [6.45, 7) is 13.0. The second-order valence-corrected chi connectivity index (χ2v) is 15.4. The van der Waals surface area contributed by atoms with Crippen molar-refractivity contribution in [3.05, 3.63) is 46.7 Å². The van der Waals surface area contributed by atoms with Crippen LogP contribution >= 0.6 is 0 Å². The maximum atomic E-state index is 14.5. The number of fused-ring (bicyclic) bond motifs is 1. The van der Waals surface area contributed by atoms with Crippen LogP contribution in [0.25, 0.3) is 0 Å². The number of allylic oxidation sites excluding steroid dienone is 2. The quantitative estimate of drug-likeness (QED) is 0.194. The van der Waals surface area contributed by atoms with Gasteiger partial charge in [0.05, 0.1) is 12.2 Å². The minimum Gasteiger partial charge on any atom is -0.508 e. The molecule has 2 saturated heterocycles. The summed E-state index contributed by atoms with van der Waals surface area (Å²) < 4.78 is 14.0. The van der Waals surface area contributed by atoms with Crippen molar-refractivity contribution in [2.75, 3.05) is 0 Å². The van der Waals surface area contributed by atoms with Gasteiger partial charge >= 0.3 is 0 Å².